The molecule has 0 saturated heterocycles. The highest BCUT2D eigenvalue weighted by atomic mass is 35.5. The van der Waals surface area contributed by atoms with Gasteiger partial charge in [-0.25, -0.2) is 4.79 Å². The fraction of sp³-hybridized carbons (Fsp3) is 0.600. The molecule has 0 bridgehead atoms. The molecular formula is C10H17ClN6O2. The monoisotopic (exact) mass is 288 g/mol. The van der Waals surface area contributed by atoms with Crippen molar-refractivity contribution in [3.8, 4) is 6.01 Å². The second-order valence-electron chi connectivity index (χ2n) is 3.70. The van der Waals surface area contributed by atoms with Gasteiger partial charge in [0.05, 0.1) is 6.61 Å². The Balaban J connectivity index is 2.42. The van der Waals surface area contributed by atoms with Crippen LogP contribution in [-0.2, 0) is 0 Å². The lowest BCUT2D eigenvalue weighted by molar-refractivity contribution is 0.218. The summed E-state index contributed by atoms with van der Waals surface area (Å²) < 4.78 is 5.14. The molecule has 0 saturated carbocycles. The van der Waals surface area contributed by atoms with Gasteiger partial charge in [0.25, 0.3) is 0 Å². The number of nitrogens with one attached hydrogen (secondary N) is 2. The van der Waals surface area contributed by atoms with E-state index in [1.807, 2.05) is 6.92 Å². The van der Waals surface area contributed by atoms with Gasteiger partial charge in [0.2, 0.25) is 11.2 Å². The van der Waals surface area contributed by atoms with E-state index in [1.54, 1.807) is 14.1 Å². The Morgan fingerprint density at radius 3 is 2.68 bits per heavy atom. The highest BCUT2D eigenvalue weighted by Crippen LogP contribution is 2.10. The normalized spacial score (nSPS) is 9.89. The van der Waals surface area contributed by atoms with Gasteiger partial charge in [-0.3, -0.25) is 0 Å². The molecule has 1 rings (SSSR count). The quantitative estimate of drug-likeness (QED) is 0.745. The van der Waals surface area contributed by atoms with Crippen molar-refractivity contribution in [2.45, 2.75) is 6.92 Å². The fourth-order valence-electron chi connectivity index (χ4n) is 1.11. The smallest absolute Gasteiger partial charge is 0.322 e. The van der Waals surface area contributed by atoms with Gasteiger partial charge < -0.3 is 20.3 Å². The number of hydrogen-bond acceptors (Lipinski definition) is 6. The molecule has 0 aliphatic rings. The van der Waals surface area contributed by atoms with Gasteiger partial charge in [0, 0.05) is 27.2 Å². The molecule has 1 aromatic rings. The van der Waals surface area contributed by atoms with E-state index in [-0.39, 0.29) is 17.3 Å². The van der Waals surface area contributed by atoms with E-state index in [1.165, 1.54) is 4.90 Å². The minimum absolute atomic E-state index is 0.0540. The predicted molar refractivity (Wildman–Crippen MR) is 71.6 cm³/mol. The van der Waals surface area contributed by atoms with Crippen LogP contribution >= 0.6 is 11.6 Å². The molecule has 0 unspecified atom stereocenters. The van der Waals surface area contributed by atoms with Crippen LogP contribution in [0, 0.1) is 0 Å². The third kappa shape index (κ3) is 5.56. The Labute approximate surface area is 116 Å². The number of ether oxygens (including phenoxy) is 1. The molecule has 0 aliphatic heterocycles. The number of aromatic nitrogens is 3. The maximum atomic E-state index is 11.3. The first kappa shape index (κ1) is 15.2. The van der Waals surface area contributed by atoms with Crippen molar-refractivity contribution in [1.82, 2.24) is 25.2 Å². The summed E-state index contributed by atoms with van der Waals surface area (Å²) in [5.74, 6) is 0.308. The highest BCUT2D eigenvalue weighted by Gasteiger charge is 2.05. The number of carbonyl (C=O) groups is 1. The number of hydrogen-bond donors (Lipinski definition) is 2. The zero-order chi connectivity index (χ0) is 14.3. The van der Waals surface area contributed by atoms with E-state index < -0.39 is 0 Å². The average Bonchev–Trinajstić information content (AvgIpc) is 2.34. The topological polar surface area (TPSA) is 92.3 Å². The van der Waals surface area contributed by atoms with Crippen LogP contribution in [0.1, 0.15) is 6.92 Å². The van der Waals surface area contributed by atoms with Crippen molar-refractivity contribution in [3.63, 3.8) is 0 Å². The first-order valence-corrected chi connectivity index (χ1v) is 6.14. The van der Waals surface area contributed by atoms with Crippen LogP contribution in [0.15, 0.2) is 0 Å². The van der Waals surface area contributed by atoms with E-state index in [0.717, 1.165) is 0 Å². The molecule has 106 valence electrons. The van der Waals surface area contributed by atoms with Crippen LogP contribution < -0.4 is 15.4 Å². The van der Waals surface area contributed by atoms with Crippen LogP contribution in [0.3, 0.4) is 0 Å². The number of anilines is 1. The van der Waals surface area contributed by atoms with Crippen LogP contribution in [0.2, 0.25) is 5.28 Å². The molecule has 0 radical (unpaired) electrons. The van der Waals surface area contributed by atoms with E-state index in [0.29, 0.717) is 25.6 Å². The highest BCUT2D eigenvalue weighted by molar-refractivity contribution is 6.28. The Morgan fingerprint density at radius 2 is 2.05 bits per heavy atom. The largest absolute Gasteiger partial charge is 0.464 e. The second-order valence-corrected chi connectivity index (χ2v) is 4.03. The Bertz CT molecular complexity index is 428. The molecule has 0 aromatic carbocycles. The molecule has 19 heavy (non-hydrogen) atoms. The molecule has 0 atom stereocenters. The van der Waals surface area contributed by atoms with E-state index in [9.17, 15) is 4.79 Å². The summed E-state index contributed by atoms with van der Waals surface area (Å²) in [6.45, 7) is 3.16. The summed E-state index contributed by atoms with van der Waals surface area (Å²) in [5.41, 5.74) is 0. The van der Waals surface area contributed by atoms with Gasteiger partial charge in [-0.1, -0.05) is 0 Å². The second kappa shape index (κ2) is 7.57. The molecule has 0 spiro atoms. The molecule has 1 heterocycles. The summed E-state index contributed by atoms with van der Waals surface area (Å²) in [7, 11) is 3.34. The lowest BCUT2D eigenvalue weighted by Gasteiger charge is -2.12. The molecule has 0 fully saturated rings. The van der Waals surface area contributed by atoms with Crippen LogP contribution in [0.25, 0.3) is 0 Å². The van der Waals surface area contributed by atoms with Crippen LogP contribution in [-0.4, -0.2) is 59.7 Å². The van der Waals surface area contributed by atoms with Crippen molar-refractivity contribution < 1.29 is 9.53 Å². The lowest BCUT2D eigenvalue weighted by atomic mass is 10.6. The summed E-state index contributed by atoms with van der Waals surface area (Å²) in [6, 6.07) is 0.00723. The number of urea groups is 1. The standard InChI is InChI=1S/C10H17ClN6O2/c1-4-19-9-15-7(11)14-8(16-9)12-5-6-13-10(18)17(2)3/h4-6H2,1-3H3,(H,13,18)(H,12,14,15,16). The average molecular weight is 289 g/mol. The van der Waals surface area contributed by atoms with Crippen molar-refractivity contribution in [2.75, 3.05) is 39.1 Å². The van der Waals surface area contributed by atoms with E-state index in [4.69, 9.17) is 16.3 Å². The zero-order valence-corrected chi connectivity index (χ0v) is 11.9. The van der Waals surface area contributed by atoms with Gasteiger partial charge in [-0.05, 0) is 18.5 Å². The molecular weight excluding hydrogens is 272 g/mol. The molecule has 2 amide bonds. The summed E-state index contributed by atoms with van der Waals surface area (Å²) in [6.07, 6.45) is 0. The van der Waals surface area contributed by atoms with Crippen molar-refractivity contribution in [1.29, 1.82) is 0 Å². The first-order chi connectivity index (χ1) is 9.02. The van der Waals surface area contributed by atoms with Gasteiger partial charge in [0.15, 0.2) is 0 Å². The molecule has 8 nitrogen and oxygen atoms in total. The Morgan fingerprint density at radius 1 is 1.32 bits per heavy atom. The van der Waals surface area contributed by atoms with Crippen LogP contribution in [0.4, 0.5) is 10.7 Å². The van der Waals surface area contributed by atoms with Gasteiger partial charge in [0.1, 0.15) is 0 Å². The summed E-state index contributed by atoms with van der Waals surface area (Å²) >= 11 is 5.73. The number of nitrogens with zero attached hydrogens (tertiary/aromatic N) is 4. The van der Waals surface area contributed by atoms with Gasteiger partial charge in [-0.15, -0.1) is 0 Å². The van der Waals surface area contributed by atoms with Gasteiger partial charge >= 0.3 is 12.0 Å². The van der Waals surface area contributed by atoms with E-state index in [2.05, 4.69) is 25.6 Å². The number of amides is 2. The maximum absolute atomic E-state index is 11.3. The molecule has 9 heteroatoms. The summed E-state index contributed by atoms with van der Waals surface area (Å²) in [4.78, 5) is 24.4. The third-order valence-corrected chi connectivity index (χ3v) is 2.12. The lowest BCUT2D eigenvalue weighted by Crippen LogP contribution is -2.37. The van der Waals surface area contributed by atoms with Crippen molar-refractivity contribution in [3.05, 3.63) is 5.28 Å². The number of rotatable bonds is 6. The Hall–Kier alpha value is -1.83. The number of carbonyl (C=O) groups excluding carboxylic acids is 1. The SMILES string of the molecule is CCOc1nc(Cl)nc(NCCNC(=O)N(C)C)n1. The first-order valence-electron chi connectivity index (χ1n) is 5.76. The fourth-order valence-corrected chi connectivity index (χ4v) is 1.26. The van der Waals surface area contributed by atoms with Crippen molar-refractivity contribution in [2.24, 2.45) is 0 Å². The Kier molecular flexibility index (Phi) is 6.07. The maximum Gasteiger partial charge on any atom is 0.322 e. The van der Waals surface area contributed by atoms with Crippen molar-refractivity contribution >= 4 is 23.6 Å². The number of halogens is 1. The predicted octanol–water partition coefficient (Wildman–Crippen LogP) is 0.607. The minimum atomic E-state index is -0.162. The molecule has 2 N–H and O–H groups in total. The summed E-state index contributed by atoms with van der Waals surface area (Å²) in [5, 5.41) is 5.67. The molecule has 1 aromatic heterocycles. The zero-order valence-electron chi connectivity index (χ0n) is 11.1. The van der Waals surface area contributed by atoms with E-state index >= 15 is 0 Å². The third-order valence-electron chi connectivity index (χ3n) is 1.95. The molecule has 0 aliphatic carbocycles. The van der Waals surface area contributed by atoms with Crippen LogP contribution in [0.5, 0.6) is 6.01 Å². The van der Waals surface area contributed by atoms with Gasteiger partial charge in [-0.2, -0.15) is 15.0 Å². The minimum Gasteiger partial charge on any atom is -0.464 e.